The summed E-state index contributed by atoms with van der Waals surface area (Å²) in [4.78, 5) is 19.9. The van der Waals surface area contributed by atoms with E-state index in [1.165, 1.54) is 0 Å². The Morgan fingerprint density at radius 3 is 1.46 bits per heavy atom. The Hall–Kier alpha value is -0.621. The van der Waals surface area contributed by atoms with Crippen LogP contribution < -0.4 is 10.6 Å². The molecule has 13 heavy (non-hydrogen) atoms. The summed E-state index contributed by atoms with van der Waals surface area (Å²) in [7, 11) is 0. The first kappa shape index (κ1) is 14.9. The van der Waals surface area contributed by atoms with Gasteiger partial charge in [-0.1, -0.05) is 0 Å². The van der Waals surface area contributed by atoms with Crippen molar-refractivity contribution >= 4 is 11.9 Å². The van der Waals surface area contributed by atoms with Gasteiger partial charge in [-0.15, -0.1) is 0 Å². The van der Waals surface area contributed by atoms with Gasteiger partial charge < -0.3 is 20.8 Å². The van der Waals surface area contributed by atoms with Crippen molar-refractivity contribution in [3.63, 3.8) is 0 Å². The number of carboxylic acid groups (broad SMARTS) is 2. The molecule has 0 rings (SSSR count). The first-order valence-electron chi connectivity index (χ1n) is 3.48. The number of aliphatic carboxylic acids is 2. The van der Waals surface area contributed by atoms with Crippen LogP contribution in [0.15, 0.2) is 0 Å². The molecule has 0 spiro atoms. The minimum absolute atomic E-state index is 0. The van der Waals surface area contributed by atoms with Crippen LogP contribution in [0.25, 0.3) is 0 Å². The van der Waals surface area contributed by atoms with Crippen LogP contribution in [0.1, 0.15) is 0 Å². The number of hydrogen-bond donors (Lipinski definition) is 4. The molecule has 0 aliphatic carbocycles. The number of hydrogen-bond acceptors (Lipinski definition) is 4. The summed E-state index contributed by atoms with van der Waals surface area (Å²) < 4.78 is 0. The minimum atomic E-state index is -0.923. The molecule has 0 aromatic carbocycles. The van der Waals surface area contributed by atoms with Crippen molar-refractivity contribution in [1.82, 2.24) is 10.6 Å². The molecule has 0 saturated heterocycles. The molecule has 0 saturated carbocycles. The third kappa shape index (κ3) is 14.3. The topological polar surface area (TPSA) is 98.7 Å². The molecule has 7 heteroatoms. The summed E-state index contributed by atoms with van der Waals surface area (Å²) in [5, 5.41) is 21.6. The maximum absolute atomic E-state index is 9.96. The summed E-state index contributed by atoms with van der Waals surface area (Å²) in [5.41, 5.74) is 0. The largest absolute Gasteiger partial charge is 0.480 e. The van der Waals surface area contributed by atoms with Crippen LogP contribution in [-0.2, 0) is 26.7 Å². The molecule has 0 atom stereocenters. The standard InChI is InChI=1S/C6H12N2O4.Cu/c9-5(10)3-7-1-2-8-4-6(11)12;/h7-8H,1-4H2,(H,9,10)(H,11,12);. The van der Waals surface area contributed by atoms with Crippen LogP contribution in [0.4, 0.5) is 0 Å². The Kier molecular flexibility index (Phi) is 10.8. The molecule has 81 valence electrons. The van der Waals surface area contributed by atoms with Crippen LogP contribution in [0, 0.1) is 0 Å². The van der Waals surface area contributed by atoms with E-state index in [1.807, 2.05) is 0 Å². The fourth-order valence-electron chi connectivity index (χ4n) is 0.567. The molecular formula is C6H12CuN2O4. The van der Waals surface area contributed by atoms with Crippen LogP contribution in [0.3, 0.4) is 0 Å². The van der Waals surface area contributed by atoms with Crippen LogP contribution in [-0.4, -0.2) is 48.3 Å². The van der Waals surface area contributed by atoms with E-state index in [0.717, 1.165) is 0 Å². The molecule has 6 nitrogen and oxygen atoms in total. The van der Waals surface area contributed by atoms with E-state index in [4.69, 9.17) is 10.2 Å². The maximum atomic E-state index is 9.96. The summed E-state index contributed by atoms with van der Waals surface area (Å²) in [5.74, 6) is -1.85. The predicted molar refractivity (Wildman–Crippen MR) is 41.0 cm³/mol. The Morgan fingerprint density at radius 2 is 1.23 bits per heavy atom. The average Bonchev–Trinajstić information content (AvgIpc) is 1.95. The van der Waals surface area contributed by atoms with Gasteiger partial charge in [0.15, 0.2) is 0 Å². The van der Waals surface area contributed by atoms with E-state index in [1.54, 1.807) is 0 Å². The number of carboxylic acids is 2. The van der Waals surface area contributed by atoms with Crippen LogP contribution >= 0.6 is 0 Å². The predicted octanol–water partition coefficient (Wildman–Crippen LogP) is -1.67. The zero-order chi connectivity index (χ0) is 9.40. The molecule has 0 aromatic heterocycles. The van der Waals surface area contributed by atoms with E-state index in [0.29, 0.717) is 13.1 Å². The molecule has 0 bridgehead atoms. The van der Waals surface area contributed by atoms with Gasteiger partial charge in [-0.25, -0.2) is 0 Å². The van der Waals surface area contributed by atoms with E-state index in [-0.39, 0.29) is 30.2 Å². The maximum Gasteiger partial charge on any atom is 0.317 e. The molecule has 0 aromatic rings. The molecule has 0 aliphatic heterocycles. The quantitative estimate of drug-likeness (QED) is 0.313. The van der Waals surface area contributed by atoms with Crippen LogP contribution in [0.5, 0.6) is 0 Å². The first-order valence-corrected chi connectivity index (χ1v) is 3.48. The van der Waals surface area contributed by atoms with Crippen molar-refractivity contribution in [3.8, 4) is 0 Å². The van der Waals surface area contributed by atoms with Crippen molar-refractivity contribution in [2.24, 2.45) is 0 Å². The van der Waals surface area contributed by atoms with Gasteiger partial charge in [0.25, 0.3) is 0 Å². The van der Waals surface area contributed by atoms with E-state index in [9.17, 15) is 9.59 Å². The van der Waals surface area contributed by atoms with Crippen molar-refractivity contribution in [2.45, 2.75) is 0 Å². The SMILES string of the molecule is O=C(O)CNCCNCC(=O)O.[Cu]. The van der Waals surface area contributed by atoms with E-state index in [2.05, 4.69) is 10.6 Å². The fourth-order valence-corrected chi connectivity index (χ4v) is 0.567. The number of carbonyl (C=O) groups is 2. The second kappa shape index (κ2) is 9.47. The van der Waals surface area contributed by atoms with Crippen molar-refractivity contribution < 1.29 is 36.9 Å². The monoisotopic (exact) mass is 239 g/mol. The van der Waals surface area contributed by atoms with Crippen molar-refractivity contribution in [1.29, 1.82) is 0 Å². The third-order valence-corrected chi connectivity index (χ3v) is 1.03. The molecule has 4 N–H and O–H groups in total. The van der Waals surface area contributed by atoms with Gasteiger partial charge in [0.2, 0.25) is 0 Å². The summed E-state index contributed by atoms with van der Waals surface area (Å²) in [6, 6.07) is 0. The summed E-state index contributed by atoms with van der Waals surface area (Å²) in [6.07, 6.45) is 0. The molecule has 1 radical (unpaired) electrons. The zero-order valence-electron chi connectivity index (χ0n) is 6.84. The van der Waals surface area contributed by atoms with Gasteiger partial charge in [-0.05, 0) is 0 Å². The van der Waals surface area contributed by atoms with Gasteiger partial charge in [0.05, 0.1) is 13.1 Å². The van der Waals surface area contributed by atoms with Gasteiger partial charge in [0.1, 0.15) is 0 Å². The molecule has 0 aliphatic rings. The van der Waals surface area contributed by atoms with Gasteiger partial charge in [0, 0.05) is 30.2 Å². The third-order valence-electron chi connectivity index (χ3n) is 1.03. The number of rotatable bonds is 7. The summed E-state index contributed by atoms with van der Waals surface area (Å²) >= 11 is 0. The Morgan fingerprint density at radius 1 is 0.923 bits per heavy atom. The Labute approximate surface area is 86.2 Å². The second-order valence-corrected chi connectivity index (χ2v) is 2.14. The van der Waals surface area contributed by atoms with Gasteiger partial charge in [-0.3, -0.25) is 9.59 Å². The van der Waals surface area contributed by atoms with Gasteiger partial charge in [-0.2, -0.15) is 0 Å². The van der Waals surface area contributed by atoms with Crippen molar-refractivity contribution in [3.05, 3.63) is 0 Å². The normalized spacial score (nSPS) is 8.92. The molecule has 0 heterocycles. The summed E-state index contributed by atoms with van der Waals surface area (Å²) in [6.45, 7) is 0.683. The molecule has 0 unspecified atom stereocenters. The van der Waals surface area contributed by atoms with E-state index >= 15 is 0 Å². The molecule has 0 amide bonds. The smallest absolute Gasteiger partial charge is 0.317 e. The Balaban J connectivity index is 0. The zero-order valence-corrected chi connectivity index (χ0v) is 7.78. The first-order chi connectivity index (χ1) is 5.63. The van der Waals surface area contributed by atoms with Crippen LogP contribution in [0.2, 0.25) is 0 Å². The molecule has 0 fully saturated rings. The average molecular weight is 240 g/mol. The Bertz CT molecular complexity index is 147. The molecular weight excluding hydrogens is 228 g/mol. The number of nitrogens with one attached hydrogen (secondary N) is 2. The minimum Gasteiger partial charge on any atom is -0.480 e. The second-order valence-electron chi connectivity index (χ2n) is 2.14. The van der Waals surface area contributed by atoms with Gasteiger partial charge >= 0.3 is 11.9 Å². The fraction of sp³-hybridized carbons (Fsp3) is 0.667. The van der Waals surface area contributed by atoms with Crippen molar-refractivity contribution in [2.75, 3.05) is 26.2 Å². The van der Waals surface area contributed by atoms with E-state index < -0.39 is 11.9 Å².